The monoisotopic (exact) mass is 188 g/mol. The summed E-state index contributed by atoms with van der Waals surface area (Å²) in [5, 5.41) is 0. The van der Waals surface area contributed by atoms with Crippen LogP contribution in [-0.4, -0.2) is 23.8 Å². The number of carbonyl (C=O) groups is 1. The summed E-state index contributed by atoms with van der Waals surface area (Å²) in [6.45, 7) is 1.96. The summed E-state index contributed by atoms with van der Waals surface area (Å²) in [4.78, 5) is 10.5. The van der Waals surface area contributed by atoms with Crippen LogP contribution in [-0.2, 0) is 14.3 Å². The van der Waals surface area contributed by atoms with Crippen molar-refractivity contribution in [1.82, 2.24) is 0 Å². The molecule has 0 bridgehead atoms. The number of hydrogen-bond donors (Lipinski definition) is 0. The lowest BCUT2D eigenvalue weighted by Gasteiger charge is -2.21. The SMILES string of the molecule is COC(=O)CSC1(C)CC=CO1. The van der Waals surface area contributed by atoms with Crippen LogP contribution in [0.2, 0.25) is 0 Å². The van der Waals surface area contributed by atoms with Gasteiger partial charge in [-0.15, -0.1) is 11.8 Å². The van der Waals surface area contributed by atoms with E-state index in [-0.39, 0.29) is 10.9 Å². The average Bonchev–Trinajstić information content (AvgIpc) is 2.49. The van der Waals surface area contributed by atoms with Crippen molar-refractivity contribution < 1.29 is 14.3 Å². The third-order valence-electron chi connectivity index (χ3n) is 1.63. The van der Waals surface area contributed by atoms with Crippen molar-refractivity contribution in [3.05, 3.63) is 12.3 Å². The molecule has 1 unspecified atom stereocenters. The largest absolute Gasteiger partial charge is 0.485 e. The van der Waals surface area contributed by atoms with E-state index in [0.29, 0.717) is 5.75 Å². The minimum absolute atomic E-state index is 0.211. The predicted octanol–water partition coefficient (Wildman–Crippen LogP) is 1.54. The second kappa shape index (κ2) is 3.85. The van der Waals surface area contributed by atoms with Crippen molar-refractivity contribution in [2.75, 3.05) is 12.9 Å². The minimum Gasteiger partial charge on any atom is -0.485 e. The van der Waals surface area contributed by atoms with Gasteiger partial charge in [0.15, 0.2) is 4.93 Å². The summed E-state index contributed by atoms with van der Waals surface area (Å²) < 4.78 is 9.83. The number of thioether (sulfide) groups is 1. The Morgan fingerprint density at radius 1 is 1.83 bits per heavy atom. The van der Waals surface area contributed by atoms with Crippen molar-refractivity contribution >= 4 is 17.7 Å². The van der Waals surface area contributed by atoms with Crippen molar-refractivity contribution in [1.29, 1.82) is 0 Å². The third-order valence-corrected chi connectivity index (χ3v) is 2.88. The van der Waals surface area contributed by atoms with Crippen LogP contribution in [0.4, 0.5) is 0 Å². The Labute approximate surface area is 76.1 Å². The summed E-state index contributed by atoms with van der Waals surface area (Å²) >= 11 is 1.46. The maximum atomic E-state index is 10.8. The molecule has 4 heteroatoms. The molecule has 1 heterocycles. The molecule has 0 saturated carbocycles. The van der Waals surface area contributed by atoms with Crippen LogP contribution >= 0.6 is 11.8 Å². The third kappa shape index (κ3) is 2.44. The first-order valence-electron chi connectivity index (χ1n) is 3.70. The summed E-state index contributed by atoms with van der Waals surface area (Å²) in [7, 11) is 1.39. The predicted molar refractivity (Wildman–Crippen MR) is 47.7 cm³/mol. The van der Waals surface area contributed by atoms with E-state index >= 15 is 0 Å². The molecule has 12 heavy (non-hydrogen) atoms. The molecule has 0 aromatic rings. The molecular weight excluding hydrogens is 176 g/mol. The van der Waals surface area contributed by atoms with Gasteiger partial charge in [0, 0.05) is 6.42 Å². The highest BCUT2D eigenvalue weighted by atomic mass is 32.2. The molecule has 1 aliphatic rings. The first-order valence-corrected chi connectivity index (χ1v) is 4.68. The normalized spacial score (nSPS) is 26.8. The molecule has 68 valence electrons. The summed E-state index contributed by atoms with van der Waals surface area (Å²) in [5.41, 5.74) is 0. The average molecular weight is 188 g/mol. The number of ether oxygens (including phenoxy) is 2. The Morgan fingerprint density at radius 3 is 3.08 bits per heavy atom. The molecule has 0 spiro atoms. The van der Waals surface area contributed by atoms with Crippen LogP contribution < -0.4 is 0 Å². The first kappa shape index (κ1) is 9.45. The molecule has 0 aromatic carbocycles. The molecule has 1 aliphatic heterocycles. The first-order chi connectivity index (χ1) is 5.66. The van der Waals surface area contributed by atoms with E-state index in [9.17, 15) is 4.79 Å². The summed E-state index contributed by atoms with van der Waals surface area (Å²) in [6, 6.07) is 0. The van der Waals surface area contributed by atoms with Gasteiger partial charge >= 0.3 is 5.97 Å². The Balaban J connectivity index is 2.27. The van der Waals surface area contributed by atoms with Gasteiger partial charge in [0.1, 0.15) is 0 Å². The van der Waals surface area contributed by atoms with E-state index in [4.69, 9.17) is 4.74 Å². The Hall–Kier alpha value is -0.640. The molecule has 3 nitrogen and oxygen atoms in total. The van der Waals surface area contributed by atoms with E-state index in [1.807, 2.05) is 13.0 Å². The van der Waals surface area contributed by atoms with Crippen LogP contribution in [0.25, 0.3) is 0 Å². The van der Waals surface area contributed by atoms with Gasteiger partial charge in [-0.25, -0.2) is 0 Å². The van der Waals surface area contributed by atoms with Gasteiger partial charge < -0.3 is 9.47 Å². The quantitative estimate of drug-likeness (QED) is 0.629. The second-order valence-corrected chi connectivity index (χ2v) is 4.13. The number of methoxy groups -OCH3 is 1. The van der Waals surface area contributed by atoms with Gasteiger partial charge in [0.05, 0.1) is 19.1 Å². The van der Waals surface area contributed by atoms with Crippen LogP contribution in [0.15, 0.2) is 12.3 Å². The lowest BCUT2D eigenvalue weighted by atomic mass is 10.3. The van der Waals surface area contributed by atoms with Crippen LogP contribution in [0.5, 0.6) is 0 Å². The van der Waals surface area contributed by atoms with Crippen molar-refractivity contribution in [2.45, 2.75) is 18.3 Å². The molecule has 0 amide bonds. The Morgan fingerprint density at radius 2 is 2.58 bits per heavy atom. The van der Waals surface area contributed by atoms with E-state index in [2.05, 4.69) is 4.74 Å². The molecule has 0 saturated heterocycles. The fourth-order valence-corrected chi connectivity index (χ4v) is 1.74. The van der Waals surface area contributed by atoms with Gasteiger partial charge in [-0.3, -0.25) is 4.79 Å². The summed E-state index contributed by atoms with van der Waals surface area (Å²) in [5.74, 6) is 0.131. The maximum Gasteiger partial charge on any atom is 0.315 e. The van der Waals surface area contributed by atoms with Crippen molar-refractivity contribution in [3.8, 4) is 0 Å². The fraction of sp³-hybridized carbons (Fsp3) is 0.625. The molecule has 1 rings (SSSR count). The molecule has 1 atom stereocenters. The molecule has 0 fully saturated rings. The van der Waals surface area contributed by atoms with Crippen molar-refractivity contribution in [3.63, 3.8) is 0 Å². The zero-order valence-corrected chi connectivity index (χ0v) is 8.02. The second-order valence-electron chi connectivity index (χ2n) is 2.69. The van der Waals surface area contributed by atoms with Gasteiger partial charge in [-0.05, 0) is 13.0 Å². The van der Waals surface area contributed by atoms with E-state index in [1.165, 1.54) is 18.9 Å². The highest BCUT2D eigenvalue weighted by molar-refractivity contribution is 8.01. The van der Waals surface area contributed by atoms with Gasteiger partial charge in [0.2, 0.25) is 0 Å². The fourth-order valence-electron chi connectivity index (χ4n) is 0.866. The van der Waals surface area contributed by atoms with Crippen LogP contribution in [0, 0.1) is 0 Å². The lowest BCUT2D eigenvalue weighted by Crippen LogP contribution is -2.20. The van der Waals surface area contributed by atoms with Crippen molar-refractivity contribution in [2.24, 2.45) is 0 Å². The van der Waals surface area contributed by atoms with Crippen LogP contribution in [0.1, 0.15) is 13.3 Å². The lowest BCUT2D eigenvalue weighted by molar-refractivity contribution is -0.137. The molecule has 0 radical (unpaired) electrons. The van der Waals surface area contributed by atoms with E-state index < -0.39 is 0 Å². The standard InChI is InChI=1S/C8H12O3S/c1-8(4-3-5-11-8)12-6-7(9)10-2/h3,5H,4,6H2,1-2H3. The molecule has 0 aromatic heterocycles. The zero-order chi connectivity index (χ0) is 9.03. The van der Waals surface area contributed by atoms with E-state index in [1.54, 1.807) is 6.26 Å². The van der Waals surface area contributed by atoms with Gasteiger partial charge in [-0.2, -0.15) is 0 Å². The number of rotatable bonds is 3. The minimum atomic E-state index is -0.270. The molecule has 0 aliphatic carbocycles. The number of carbonyl (C=O) groups excluding carboxylic acids is 1. The topological polar surface area (TPSA) is 35.5 Å². The highest BCUT2D eigenvalue weighted by Gasteiger charge is 2.28. The number of hydrogen-bond acceptors (Lipinski definition) is 4. The Bertz CT molecular complexity index is 192. The summed E-state index contributed by atoms with van der Waals surface area (Å²) in [6.07, 6.45) is 4.46. The van der Waals surface area contributed by atoms with E-state index in [0.717, 1.165) is 6.42 Å². The zero-order valence-electron chi connectivity index (χ0n) is 7.20. The van der Waals surface area contributed by atoms with Gasteiger partial charge in [-0.1, -0.05) is 0 Å². The van der Waals surface area contributed by atoms with Gasteiger partial charge in [0.25, 0.3) is 0 Å². The number of esters is 1. The Kier molecular flexibility index (Phi) is 3.03. The molecular formula is C8H12O3S. The molecule has 0 N–H and O–H groups in total. The van der Waals surface area contributed by atoms with Crippen LogP contribution in [0.3, 0.4) is 0 Å². The maximum absolute atomic E-state index is 10.8. The smallest absolute Gasteiger partial charge is 0.315 e. The highest BCUT2D eigenvalue weighted by Crippen LogP contribution is 2.34.